The molecule has 0 bridgehead atoms. The zero-order chi connectivity index (χ0) is 30.7. The van der Waals surface area contributed by atoms with Gasteiger partial charge in [0.15, 0.2) is 0 Å². The third-order valence-electron chi connectivity index (χ3n) is 6.00. The molecule has 1 unspecified atom stereocenters. The van der Waals surface area contributed by atoms with E-state index in [0.29, 0.717) is 21.5 Å². The summed E-state index contributed by atoms with van der Waals surface area (Å²) >= 11 is 5.56. The number of amides is 3. The monoisotopic (exact) mass is 657 g/mol. The lowest BCUT2D eigenvalue weighted by Gasteiger charge is -2.16. The molecule has 44 heavy (non-hydrogen) atoms. The van der Waals surface area contributed by atoms with Crippen LogP contribution in [0.1, 0.15) is 33.7 Å². The topological polar surface area (TPSA) is 113 Å². The van der Waals surface area contributed by atoms with Crippen molar-refractivity contribution < 1.29 is 14.4 Å². The maximum Gasteiger partial charge on any atom is 0.272 e. The van der Waals surface area contributed by atoms with E-state index in [0.717, 1.165) is 33.3 Å². The molecule has 222 valence electrons. The standard InChI is InChI=1S/C32H27N5O3S4/c1-2-42-32-36-31(44-37-32)35-30(40)27(22-9-5-3-6-10-22)43-25-15-13-24(14-16-25)33-29(39)26(19-21-17-18-41-20-21)34-28(38)23-11-7-4-8-12-23/h3-20,27H,2H2,1H3,(H,33,39)(H,34,38)(H,35,36,37,40)/b26-19-. The number of aromatic nitrogens is 2. The minimum absolute atomic E-state index is 0.119. The van der Waals surface area contributed by atoms with E-state index in [1.165, 1.54) is 34.9 Å². The number of benzene rings is 3. The predicted octanol–water partition coefficient (Wildman–Crippen LogP) is 7.59. The van der Waals surface area contributed by atoms with E-state index < -0.39 is 11.2 Å². The molecule has 0 fully saturated rings. The Morgan fingerprint density at radius 3 is 2.32 bits per heavy atom. The molecule has 12 heteroatoms. The minimum Gasteiger partial charge on any atom is -0.321 e. The van der Waals surface area contributed by atoms with Crippen LogP contribution in [-0.2, 0) is 9.59 Å². The zero-order valence-electron chi connectivity index (χ0n) is 23.4. The molecule has 2 heterocycles. The van der Waals surface area contributed by atoms with Crippen molar-refractivity contribution in [3.63, 3.8) is 0 Å². The highest BCUT2D eigenvalue weighted by molar-refractivity contribution is 8.00. The van der Waals surface area contributed by atoms with Gasteiger partial charge in [0.2, 0.25) is 16.2 Å². The number of thiophene rings is 1. The first kappa shape index (κ1) is 31.2. The largest absolute Gasteiger partial charge is 0.321 e. The molecule has 2 aromatic heterocycles. The lowest BCUT2D eigenvalue weighted by atomic mass is 10.1. The highest BCUT2D eigenvalue weighted by Crippen LogP contribution is 2.37. The van der Waals surface area contributed by atoms with Crippen molar-refractivity contribution in [2.45, 2.75) is 22.2 Å². The van der Waals surface area contributed by atoms with E-state index in [9.17, 15) is 14.4 Å². The van der Waals surface area contributed by atoms with Gasteiger partial charge >= 0.3 is 0 Å². The highest BCUT2D eigenvalue weighted by atomic mass is 32.2. The Balaban J connectivity index is 1.29. The Morgan fingerprint density at radius 1 is 0.909 bits per heavy atom. The summed E-state index contributed by atoms with van der Waals surface area (Å²) < 4.78 is 4.28. The van der Waals surface area contributed by atoms with Gasteiger partial charge in [-0.1, -0.05) is 67.2 Å². The van der Waals surface area contributed by atoms with Gasteiger partial charge in [0.05, 0.1) is 0 Å². The van der Waals surface area contributed by atoms with Crippen molar-refractivity contribution in [1.29, 1.82) is 0 Å². The molecule has 0 saturated carbocycles. The number of nitrogens with one attached hydrogen (secondary N) is 3. The SMILES string of the molecule is CCSc1nsc(NC(=O)C(Sc2ccc(NC(=O)/C(=C/c3ccsc3)NC(=O)c3ccccc3)cc2)c2ccccc2)n1. The number of thioether (sulfide) groups is 2. The molecule has 3 N–H and O–H groups in total. The van der Waals surface area contributed by atoms with E-state index in [4.69, 9.17) is 0 Å². The summed E-state index contributed by atoms with van der Waals surface area (Å²) in [6.07, 6.45) is 1.64. The molecule has 1 atom stereocenters. The number of hydrogen-bond donors (Lipinski definition) is 3. The number of rotatable bonds is 12. The zero-order valence-corrected chi connectivity index (χ0v) is 26.7. The van der Waals surface area contributed by atoms with E-state index in [-0.39, 0.29) is 17.5 Å². The van der Waals surface area contributed by atoms with Crippen molar-refractivity contribution in [2.75, 3.05) is 16.4 Å². The summed E-state index contributed by atoms with van der Waals surface area (Å²) in [5, 5.41) is 12.9. The lowest BCUT2D eigenvalue weighted by molar-refractivity contribution is -0.116. The van der Waals surface area contributed by atoms with Crippen LogP contribution in [0, 0.1) is 0 Å². The van der Waals surface area contributed by atoms with Crippen molar-refractivity contribution in [1.82, 2.24) is 14.7 Å². The highest BCUT2D eigenvalue weighted by Gasteiger charge is 2.24. The van der Waals surface area contributed by atoms with E-state index >= 15 is 0 Å². The van der Waals surface area contributed by atoms with Crippen molar-refractivity contribution in [2.24, 2.45) is 0 Å². The molecule has 0 radical (unpaired) electrons. The maximum atomic E-state index is 13.4. The average molecular weight is 658 g/mol. The van der Waals surface area contributed by atoms with Crippen molar-refractivity contribution in [3.05, 3.63) is 124 Å². The van der Waals surface area contributed by atoms with Gasteiger partial charge < -0.3 is 10.6 Å². The first-order valence-electron chi connectivity index (χ1n) is 13.5. The first-order valence-corrected chi connectivity index (χ1v) is 17.1. The Morgan fingerprint density at radius 2 is 1.64 bits per heavy atom. The Bertz CT molecular complexity index is 1720. The number of anilines is 2. The fourth-order valence-corrected chi connectivity index (χ4v) is 6.85. The molecular formula is C32H27N5O3S4. The van der Waals surface area contributed by atoms with E-state index in [1.54, 1.807) is 42.5 Å². The molecule has 0 spiro atoms. The summed E-state index contributed by atoms with van der Waals surface area (Å²) in [6.45, 7) is 2.02. The summed E-state index contributed by atoms with van der Waals surface area (Å²) in [5.41, 5.74) is 2.76. The van der Waals surface area contributed by atoms with E-state index in [1.807, 2.05) is 72.3 Å². The van der Waals surface area contributed by atoms with Crippen LogP contribution < -0.4 is 16.0 Å². The summed E-state index contributed by atoms with van der Waals surface area (Å²) in [5.74, 6) is -0.203. The minimum atomic E-state index is -0.545. The Labute approximate surface area is 271 Å². The van der Waals surface area contributed by atoms with Gasteiger partial charge in [0.1, 0.15) is 10.9 Å². The molecular weight excluding hydrogens is 631 g/mol. The van der Waals surface area contributed by atoms with Gasteiger partial charge in [-0.05, 0) is 76.2 Å². The van der Waals surface area contributed by atoms with Crippen molar-refractivity contribution >= 4 is 81.0 Å². The van der Waals surface area contributed by atoms with Gasteiger partial charge in [-0.15, -0.1) is 11.8 Å². The quantitative estimate of drug-likeness (QED) is 0.0936. The summed E-state index contributed by atoms with van der Waals surface area (Å²) in [7, 11) is 0. The van der Waals surface area contributed by atoms with Gasteiger partial charge in [0.25, 0.3) is 11.8 Å². The molecule has 5 rings (SSSR count). The lowest BCUT2D eigenvalue weighted by Crippen LogP contribution is -2.30. The molecule has 0 aliphatic heterocycles. The molecule has 3 amide bonds. The molecule has 3 aromatic carbocycles. The number of nitrogens with zero attached hydrogens (tertiary/aromatic N) is 2. The normalized spacial score (nSPS) is 11.9. The molecule has 8 nitrogen and oxygen atoms in total. The molecule has 0 saturated heterocycles. The van der Waals surface area contributed by atoms with Crippen LogP contribution in [0.3, 0.4) is 0 Å². The van der Waals surface area contributed by atoms with Gasteiger partial charge in [0, 0.05) is 27.7 Å². The molecule has 0 aliphatic rings. The third-order valence-corrected chi connectivity index (χ3v) is 9.44. The third kappa shape index (κ3) is 8.66. The van der Waals surface area contributed by atoms with Gasteiger partial charge in [-0.25, -0.2) is 0 Å². The summed E-state index contributed by atoms with van der Waals surface area (Å²) in [4.78, 5) is 44.8. The second-order valence-electron chi connectivity index (χ2n) is 9.13. The summed E-state index contributed by atoms with van der Waals surface area (Å²) in [6, 6.07) is 27.3. The number of hydrogen-bond acceptors (Lipinski definition) is 9. The van der Waals surface area contributed by atoms with Crippen LogP contribution >= 0.6 is 46.4 Å². The number of carbonyl (C=O) groups excluding carboxylic acids is 3. The second kappa shape index (κ2) is 15.5. The molecule has 0 aliphatic carbocycles. The van der Waals surface area contributed by atoms with E-state index in [2.05, 4.69) is 25.3 Å². The molecule has 5 aromatic rings. The first-order chi connectivity index (χ1) is 21.5. The maximum absolute atomic E-state index is 13.4. The smallest absolute Gasteiger partial charge is 0.272 e. The van der Waals surface area contributed by atoms with Crippen LogP contribution in [0.4, 0.5) is 10.8 Å². The number of carbonyl (C=O) groups is 3. The van der Waals surface area contributed by atoms with Crippen LogP contribution in [0.2, 0.25) is 0 Å². The Kier molecular flexibility index (Phi) is 11.0. The fourth-order valence-electron chi connectivity index (χ4n) is 3.94. The predicted molar refractivity (Wildman–Crippen MR) is 181 cm³/mol. The van der Waals surface area contributed by atoms with Crippen molar-refractivity contribution in [3.8, 4) is 0 Å². The Hall–Kier alpha value is -4.23. The van der Waals surface area contributed by atoms with Crippen LogP contribution in [0.5, 0.6) is 0 Å². The van der Waals surface area contributed by atoms with Crippen LogP contribution in [0.15, 0.2) is 118 Å². The fraction of sp³-hybridized carbons (Fsp3) is 0.0938. The van der Waals surface area contributed by atoms with Gasteiger partial charge in [-0.3, -0.25) is 19.7 Å². The average Bonchev–Trinajstić information content (AvgIpc) is 3.73. The van der Waals surface area contributed by atoms with Crippen LogP contribution in [0.25, 0.3) is 6.08 Å². The van der Waals surface area contributed by atoms with Crippen LogP contribution in [-0.4, -0.2) is 32.8 Å². The van der Waals surface area contributed by atoms with Gasteiger partial charge in [-0.2, -0.15) is 20.7 Å². The second-order valence-corrected chi connectivity index (χ2v) is 13.1.